The fraction of sp³-hybridized carbons (Fsp3) is 0. The van der Waals surface area contributed by atoms with Gasteiger partial charge in [-0.25, -0.2) is 0 Å². The van der Waals surface area contributed by atoms with Gasteiger partial charge in [0, 0.05) is 120 Å². The molecule has 2 N–H and O–H groups in total. The monoisotopic (exact) mass is 924 g/mol. The van der Waals surface area contributed by atoms with Crippen molar-refractivity contribution in [2.24, 2.45) is 0 Å². The first-order valence-electron chi connectivity index (χ1n) is 24.6. The lowest BCUT2D eigenvalue weighted by Crippen LogP contribution is -2.33. The predicted octanol–water partition coefficient (Wildman–Crippen LogP) is 19.8. The van der Waals surface area contributed by atoms with Crippen LogP contribution in [0.2, 0.25) is 0 Å². The fourth-order valence-electron chi connectivity index (χ4n) is 10.5. The van der Waals surface area contributed by atoms with Crippen LogP contribution in [-0.4, -0.2) is 0 Å². The summed E-state index contributed by atoms with van der Waals surface area (Å²) < 4.78 is 0.886. The van der Waals surface area contributed by atoms with Crippen molar-refractivity contribution in [3.05, 3.63) is 303 Å². The van der Waals surface area contributed by atoms with Crippen molar-refractivity contribution in [3.8, 4) is 11.1 Å². The average Bonchev–Trinajstić information content (AvgIpc) is 3.46. The number of nitrogens with zero attached hydrogens (tertiary/aromatic N) is 2. The van der Waals surface area contributed by atoms with E-state index in [0.717, 1.165) is 68.0 Å². The van der Waals surface area contributed by atoms with Gasteiger partial charge in [-0.2, -0.15) is 8.97 Å². The summed E-state index contributed by atoms with van der Waals surface area (Å²) in [4.78, 5) is 0. The number of anilines is 4. The van der Waals surface area contributed by atoms with Crippen molar-refractivity contribution in [1.82, 2.24) is 8.97 Å². The molecule has 4 heteroatoms. The number of hydrogen-bond acceptors (Lipinski definition) is 2. The highest BCUT2D eigenvalue weighted by Crippen LogP contribution is 2.54. The Morgan fingerprint density at radius 3 is 0.722 bits per heavy atom. The van der Waals surface area contributed by atoms with E-state index in [1.807, 2.05) is 0 Å². The molecule has 0 atom stereocenters. The van der Waals surface area contributed by atoms with Crippen LogP contribution < -0.4 is 19.6 Å². The summed E-state index contributed by atoms with van der Waals surface area (Å²) in [7, 11) is 0. The van der Waals surface area contributed by atoms with E-state index in [9.17, 15) is 0 Å². The molecule has 0 saturated heterocycles. The highest BCUT2D eigenvalue weighted by Gasteiger charge is 2.41. The van der Waals surface area contributed by atoms with Gasteiger partial charge in [-0.1, -0.05) is 146 Å². The number of benzene rings is 12. The summed E-state index contributed by atoms with van der Waals surface area (Å²) in [5.41, 5.74) is 15.7. The smallest absolute Gasteiger partial charge is 0.148 e. The van der Waals surface area contributed by atoms with E-state index in [0.29, 0.717) is 8.97 Å². The molecule has 342 valence electrons. The van der Waals surface area contributed by atoms with Gasteiger partial charge in [0.05, 0.1) is 0 Å². The van der Waals surface area contributed by atoms with Crippen LogP contribution in [0.3, 0.4) is 0 Å². The zero-order chi connectivity index (χ0) is 48.2. The van der Waals surface area contributed by atoms with Gasteiger partial charge in [0.25, 0.3) is 0 Å². The van der Waals surface area contributed by atoms with Crippen LogP contribution >= 0.6 is 0 Å². The number of hydrogen-bond donors (Lipinski definition) is 2. The predicted molar refractivity (Wildman–Crippen MR) is 307 cm³/mol. The van der Waals surface area contributed by atoms with Crippen molar-refractivity contribution in [3.63, 3.8) is 0 Å². The molecule has 0 aromatic heterocycles. The molecule has 0 fully saturated rings. The zero-order valence-corrected chi connectivity index (χ0v) is 39.8. The summed E-state index contributed by atoms with van der Waals surface area (Å²) >= 11 is 0. The molecule has 0 amide bonds. The summed E-state index contributed by atoms with van der Waals surface area (Å²) in [6.07, 6.45) is 0. The maximum atomic E-state index is 3.67. The van der Waals surface area contributed by atoms with Crippen LogP contribution in [0.15, 0.2) is 303 Å². The molecular weight excluding hydrogens is 873 g/mol. The van der Waals surface area contributed by atoms with Gasteiger partial charge < -0.3 is 10.6 Å². The van der Waals surface area contributed by atoms with Crippen LogP contribution in [0.25, 0.3) is 32.7 Å². The van der Waals surface area contributed by atoms with Crippen LogP contribution in [-0.2, 0) is 0 Å². The first-order chi connectivity index (χ1) is 35.6. The topological polar surface area (TPSA) is 24.1 Å². The van der Waals surface area contributed by atoms with Crippen molar-refractivity contribution in [1.29, 1.82) is 0 Å². The standard InChI is InChI=1S/C68H52N4/c1-5-21-61(22-6-1)71(62-23-7-2-8-24-62,67-43-33-51-17-13-15-19-55(51)49-67)65-45-39-59(40-46-65)69-57-35-29-53(30-36-57)54-31-37-58(38-32-54)70-60-41-47-66(48-42-60)72(63-25-9-3-10-26-63,64-27-11-4-12-28-64)68-44-34-52-18-14-16-20-56(52)50-68/h1-50,69-70H/q+2. The Hall–Kier alpha value is -9.32. The lowest BCUT2D eigenvalue weighted by atomic mass is 10.0. The zero-order valence-electron chi connectivity index (χ0n) is 39.8. The molecule has 12 rings (SSSR count). The van der Waals surface area contributed by atoms with Crippen LogP contribution in [0.4, 0.5) is 68.2 Å². The van der Waals surface area contributed by atoms with Gasteiger partial charge in [0.1, 0.15) is 45.5 Å². The Kier molecular flexibility index (Phi) is 11.7. The lowest BCUT2D eigenvalue weighted by Gasteiger charge is -2.37. The van der Waals surface area contributed by atoms with Gasteiger partial charge >= 0.3 is 0 Å². The van der Waals surface area contributed by atoms with Gasteiger partial charge in [-0.15, -0.1) is 0 Å². The number of para-hydroxylation sites is 4. The summed E-state index contributed by atoms with van der Waals surface area (Å²) in [6, 6.07) is 109. The number of quaternary nitrogens is 2. The molecule has 4 nitrogen and oxygen atoms in total. The maximum Gasteiger partial charge on any atom is 0.148 e. The Morgan fingerprint density at radius 2 is 0.417 bits per heavy atom. The second-order valence-corrected chi connectivity index (χ2v) is 18.2. The summed E-state index contributed by atoms with van der Waals surface area (Å²) in [6.45, 7) is 0. The molecule has 0 bridgehead atoms. The molecule has 0 aliphatic rings. The van der Waals surface area contributed by atoms with E-state index < -0.39 is 0 Å². The molecule has 12 aromatic carbocycles. The second kappa shape index (κ2) is 19.2. The van der Waals surface area contributed by atoms with Crippen LogP contribution in [0.1, 0.15) is 0 Å². The normalized spacial score (nSPS) is 11.6. The van der Waals surface area contributed by atoms with Gasteiger partial charge in [0.2, 0.25) is 0 Å². The molecular formula is C68H52N4+2. The van der Waals surface area contributed by atoms with Crippen molar-refractivity contribution in [2.45, 2.75) is 0 Å². The van der Waals surface area contributed by atoms with Crippen molar-refractivity contribution < 1.29 is 0 Å². The van der Waals surface area contributed by atoms with E-state index in [1.165, 1.54) is 32.9 Å². The highest BCUT2D eigenvalue weighted by atomic mass is 15.4. The minimum absolute atomic E-state index is 0.443. The molecule has 0 aliphatic heterocycles. The quantitative estimate of drug-likeness (QED) is 0.113. The molecule has 12 aromatic rings. The average molecular weight is 925 g/mol. The molecule has 0 saturated carbocycles. The van der Waals surface area contributed by atoms with E-state index in [-0.39, 0.29) is 0 Å². The van der Waals surface area contributed by atoms with E-state index in [4.69, 9.17) is 0 Å². The van der Waals surface area contributed by atoms with Crippen molar-refractivity contribution >= 4 is 89.8 Å². The second-order valence-electron chi connectivity index (χ2n) is 18.2. The van der Waals surface area contributed by atoms with Gasteiger partial charge in [0.15, 0.2) is 0 Å². The van der Waals surface area contributed by atoms with Gasteiger partial charge in [-0.3, -0.25) is 0 Å². The maximum absolute atomic E-state index is 3.67. The van der Waals surface area contributed by atoms with E-state index >= 15 is 0 Å². The molecule has 0 aliphatic carbocycles. The molecule has 0 spiro atoms. The third-order valence-electron chi connectivity index (χ3n) is 14.0. The largest absolute Gasteiger partial charge is 0.356 e. The minimum Gasteiger partial charge on any atom is -0.356 e. The number of nitrogens with one attached hydrogen (secondary N) is 2. The minimum atomic E-state index is 0.443. The molecule has 72 heavy (non-hydrogen) atoms. The number of fused-ring (bicyclic) bond motifs is 2. The Bertz CT molecular complexity index is 3420. The molecule has 0 unspecified atom stereocenters. The third kappa shape index (κ3) is 8.17. The van der Waals surface area contributed by atoms with Crippen LogP contribution in [0, 0.1) is 0 Å². The summed E-state index contributed by atoms with van der Waals surface area (Å²) in [5.74, 6) is 0. The van der Waals surface area contributed by atoms with Crippen LogP contribution in [0.5, 0.6) is 0 Å². The number of rotatable bonds is 13. The molecule has 0 radical (unpaired) electrons. The first kappa shape index (κ1) is 43.9. The van der Waals surface area contributed by atoms with Gasteiger partial charge in [-0.05, 0) is 93.3 Å². The Morgan fingerprint density at radius 1 is 0.181 bits per heavy atom. The Labute approximate surface area is 421 Å². The summed E-state index contributed by atoms with van der Waals surface area (Å²) in [5, 5.41) is 12.2. The molecule has 0 heterocycles. The van der Waals surface area contributed by atoms with E-state index in [2.05, 4.69) is 314 Å². The van der Waals surface area contributed by atoms with Crippen molar-refractivity contribution in [2.75, 3.05) is 10.6 Å². The lowest BCUT2D eigenvalue weighted by molar-refractivity contribution is 0.705. The Balaban J connectivity index is 0.783. The SMILES string of the molecule is c1ccc([N+](c2ccccc2)(c2ccc(Nc3ccc(-c4ccc(Nc5ccc([N+](c6ccccc6)(c6ccccc6)c6ccc7ccccc7c6)cc5)cc4)cc3)cc2)c2ccc3ccccc3c2)cc1. The fourth-order valence-corrected chi connectivity index (χ4v) is 10.5. The third-order valence-corrected chi connectivity index (χ3v) is 14.0. The van der Waals surface area contributed by atoms with E-state index in [1.54, 1.807) is 0 Å². The highest BCUT2D eigenvalue weighted by molar-refractivity contribution is 5.92. The first-order valence-corrected chi connectivity index (χ1v) is 24.6.